The first-order valence-electron chi connectivity index (χ1n) is 5.88. The van der Waals surface area contributed by atoms with E-state index >= 15 is 0 Å². The standard InChI is InChI=1S/C15H13ClFNO2/c1-8-5-10(11(16)7-12(8)17)15(19)9-3-4-14(20-2)13(18)6-9/h3-7H,18H2,1-2H3. The zero-order valence-electron chi connectivity index (χ0n) is 11.0. The maximum absolute atomic E-state index is 13.4. The Hall–Kier alpha value is -2.07. The molecule has 20 heavy (non-hydrogen) atoms. The van der Waals surface area contributed by atoms with Gasteiger partial charge in [-0.25, -0.2) is 4.39 Å². The van der Waals surface area contributed by atoms with E-state index in [9.17, 15) is 9.18 Å². The highest BCUT2D eigenvalue weighted by Crippen LogP contribution is 2.27. The fraction of sp³-hybridized carbons (Fsp3) is 0.133. The predicted octanol–water partition coefficient (Wildman–Crippen LogP) is 3.61. The number of nitrogen functional groups attached to an aromatic ring is 1. The molecule has 0 heterocycles. The number of ketones is 1. The van der Waals surface area contributed by atoms with Crippen LogP contribution in [0.25, 0.3) is 0 Å². The molecule has 0 radical (unpaired) electrons. The number of benzene rings is 2. The topological polar surface area (TPSA) is 52.3 Å². The number of methoxy groups -OCH3 is 1. The maximum Gasteiger partial charge on any atom is 0.194 e. The van der Waals surface area contributed by atoms with Crippen LogP contribution in [0.15, 0.2) is 30.3 Å². The summed E-state index contributed by atoms with van der Waals surface area (Å²) in [5, 5.41) is 0.0764. The van der Waals surface area contributed by atoms with Crippen molar-refractivity contribution in [2.24, 2.45) is 0 Å². The van der Waals surface area contributed by atoms with Crippen LogP contribution in [-0.2, 0) is 0 Å². The Morgan fingerprint density at radius 1 is 1.30 bits per heavy atom. The Labute approximate surface area is 121 Å². The molecule has 3 nitrogen and oxygen atoms in total. The van der Waals surface area contributed by atoms with E-state index in [1.165, 1.54) is 19.2 Å². The first-order valence-corrected chi connectivity index (χ1v) is 6.25. The zero-order chi connectivity index (χ0) is 14.9. The second kappa shape index (κ2) is 5.51. The number of anilines is 1. The minimum absolute atomic E-state index is 0.0764. The molecule has 0 aromatic heterocycles. The number of aryl methyl sites for hydroxylation is 1. The van der Waals surface area contributed by atoms with E-state index in [-0.39, 0.29) is 16.4 Å². The third kappa shape index (κ3) is 2.60. The summed E-state index contributed by atoms with van der Waals surface area (Å²) in [5.41, 5.74) is 7.10. The molecule has 2 rings (SSSR count). The number of carbonyl (C=O) groups excluding carboxylic acids is 1. The van der Waals surface area contributed by atoms with Crippen LogP contribution in [0.1, 0.15) is 21.5 Å². The second-order valence-electron chi connectivity index (χ2n) is 4.37. The van der Waals surface area contributed by atoms with Gasteiger partial charge in [-0.2, -0.15) is 0 Å². The van der Waals surface area contributed by atoms with Gasteiger partial charge in [0.25, 0.3) is 0 Å². The molecule has 0 fully saturated rings. The summed E-state index contributed by atoms with van der Waals surface area (Å²) in [6, 6.07) is 7.27. The van der Waals surface area contributed by atoms with E-state index in [1.807, 2.05) is 0 Å². The molecular weight excluding hydrogens is 281 g/mol. The average molecular weight is 294 g/mol. The van der Waals surface area contributed by atoms with Crippen molar-refractivity contribution in [3.05, 3.63) is 57.9 Å². The highest BCUT2D eigenvalue weighted by molar-refractivity contribution is 6.35. The normalized spacial score (nSPS) is 10.4. The van der Waals surface area contributed by atoms with E-state index < -0.39 is 5.82 Å². The van der Waals surface area contributed by atoms with Crippen LogP contribution in [0.3, 0.4) is 0 Å². The minimum Gasteiger partial charge on any atom is -0.495 e. The summed E-state index contributed by atoms with van der Waals surface area (Å²) in [5.74, 6) is -0.267. The number of rotatable bonds is 3. The van der Waals surface area contributed by atoms with Crippen molar-refractivity contribution in [1.29, 1.82) is 0 Å². The van der Waals surface area contributed by atoms with Crippen LogP contribution >= 0.6 is 11.6 Å². The molecule has 5 heteroatoms. The molecule has 0 amide bonds. The van der Waals surface area contributed by atoms with Gasteiger partial charge in [0.15, 0.2) is 5.78 Å². The fourth-order valence-corrected chi connectivity index (χ4v) is 2.10. The fourth-order valence-electron chi connectivity index (χ4n) is 1.86. The van der Waals surface area contributed by atoms with Crippen LogP contribution in [0, 0.1) is 12.7 Å². The Kier molecular flexibility index (Phi) is 3.95. The van der Waals surface area contributed by atoms with Gasteiger partial charge in [-0.15, -0.1) is 0 Å². The molecule has 2 aromatic rings. The second-order valence-corrected chi connectivity index (χ2v) is 4.77. The van der Waals surface area contributed by atoms with Gasteiger partial charge in [0.1, 0.15) is 11.6 Å². The van der Waals surface area contributed by atoms with Crippen LogP contribution < -0.4 is 10.5 Å². The average Bonchev–Trinajstić information content (AvgIpc) is 2.42. The SMILES string of the molecule is COc1ccc(C(=O)c2cc(C)c(F)cc2Cl)cc1N. The van der Waals surface area contributed by atoms with Crippen LogP contribution in [0.4, 0.5) is 10.1 Å². The smallest absolute Gasteiger partial charge is 0.194 e. The van der Waals surface area contributed by atoms with Gasteiger partial charge in [0, 0.05) is 11.1 Å². The molecule has 0 saturated heterocycles. The Morgan fingerprint density at radius 2 is 2.00 bits per heavy atom. The van der Waals surface area contributed by atoms with Crippen LogP contribution in [-0.4, -0.2) is 12.9 Å². The van der Waals surface area contributed by atoms with E-state index in [0.717, 1.165) is 6.07 Å². The van der Waals surface area contributed by atoms with E-state index in [2.05, 4.69) is 0 Å². The van der Waals surface area contributed by atoms with Crippen molar-refractivity contribution < 1.29 is 13.9 Å². The summed E-state index contributed by atoms with van der Waals surface area (Å²) in [6.07, 6.45) is 0. The monoisotopic (exact) mass is 293 g/mol. The van der Waals surface area contributed by atoms with Gasteiger partial charge in [0.05, 0.1) is 17.8 Å². The lowest BCUT2D eigenvalue weighted by Crippen LogP contribution is -2.05. The van der Waals surface area contributed by atoms with Crippen molar-refractivity contribution in [3.8, 4) is 5.75 Å². The van der Waals surface area contributed by atoms with Crippen molar-refractivity contribution in [3.63, 3.8) is 0 Å². The molecule has 0 bridgehead atoms. The number of ether oxygens (including phenoxy) is 1. The van der Waals surface area contributed by atoms with Gasteiger partial charge >= 0.3 is 0 Å². The third-order valence-electron chi connectivity index (χ3n) is 2.98. The summed E-state index contributed by atoms with van der Waals surface area (Å²) < 4.78 is 18.4. The molecule has 104 valence electrons. The molecule has 0 atom stereocenters. The lowest BCUT2D eigenvalue weighted by atomic mass is 10.0. The number of halogens is 2. The summed E-state index contributed by atoms with van der Waals surface area (Å²) >= 11 is 5.93. The highest BCUT2D eigenvalue weighted by atomic mass is 35.5. The maximum atomic E-state index is 13.4. The number of hydrogen-bond acceptors (Lipinski definition) is 3. The van der Waals surface area contributed by atoms with Gasteiger partial charge in [-0.05, 0) is 42.8 Å². The molecule has 0 aliphatic rings. The Balaban J connectivity index is 2.46. The molecule has 0 aliphatic heterocycles. The molecular formula is C15H13ClFNO2. The molecule has 2 aromatic carbocycles. The predicted molar refractivity (Wildman–Crippen MR) is 77.0 cm³/mol. The minimum atomic E-state index is -0.444. The van der Waals surface area contributed by atoms with Crippen LogP contribution in [0.2, 0.25) is 5.02 Å². The Bertz CT molecular complexity index is 686. The highest BCUT2D eigenvalue weighted by Gasteiger charge is 2.16. The first kappa shape index (κ1) is 14.3. The summed E-state index contributed by atoms with van der Waals surface area (Å²) in [7, 11) is 1.49. The lowest BCUT2D eigenvalue weighted by Gasteiger charge is -2.09. The van der Waals surface area contributed by atoms with Crippen molar-refractivity contribution in [2.45, 2.75) is 6.92 Å². The van der Waals surface area contributed by atoms with E-state index in [0.29, 0.717) is 22.6 Å². The number of hydrogen-bond donors (Lipinski definition) is 1. The van der Waals surface area contributed by atoms with E-state index in [4.69, 9.17) is 22.1 Å². The van der Waals surface area contributed by atoms with Crippen molar-refractivity contribution in [2.75, 3.05) is 12.8 Å². The van der Waals surface area contributed by atoms with Gasteiger partial charge in [0.2, 0.25) is 0 Å². The Morgan fingerprint density at radius 3 is 2.60 bits per heavy atom. The number of carbonyl (C=O) groups is 1. The molecule has 0 spiro atoms. The lowest BCUT2D eigenvalue weighted by molar-refractivity contribution is 0.103. The summed E-state index contributed by atoms with van der Waals surface area (Å²) in [6.45, 7) is 1.57. The molecule has 2 N–H and O–H groups in total. The molecule has 0 aliphatic carbocycles. The quantitative estimate of drug-likeness (QED) is 0.695. The largest absolute Gasteiger partial charge is 0.495 e. The summed E-state index contributed by atoms with van der Waals surface area (Å²) in [4.78, 5) is 12.4. The zero-order valence-corrected chi connectivity index (χ0v) is 11.8. The van der Waals surface area contributed by atoms with Gasteiger partial charge in [-0.3, -0.25) is 4.79 Å². The van der Waals surface area contributed by atoms with Gasteiger partial charge in [-0.1, -0.05) is 11.6 Å². The third-order valence-corrected chi connectivity index (χ3v) is 3.30. The number of nitrogens with two attached hydrogens (primary N) is 1. The molecule has 0 saturated carbocycles. The van der Waals surface area contributed by atoms with Crippen LogP contribution in [0.5, 0.6) is 5.75 Å². The van der Waals surface area contributed by atoms with Gasteiger partial charge < -0.3 is 10.5 Å². The van der Waals surface area contributed by atoms with E-state index in [1.54, 1.807) is 19.1 Å². The molecule has 0 unspecified atom stereocenters. The van der Waals surface area contributed by atoms with Crippen molar-refractivity contribution >= 4 is 23.1 Å². The first-order chi connectivity index (χ1) is 9.43. The van der Waals surface area contributed by atoms with Crippen molar-refractivity contribution in [1.82, 2.24) is 0 Å².